The van der Waals surface area contributed by atoms with E-state index >= 15 is 0 Å². The molecule has 0 radical (unpaired) electrons. The van der Waals surface area contributed by atoms with Crippen molar-refractivity contribution >= 4 is 21.9 Å². The molecule has 1 fully saturated rings. The molecule has 1 N–H and O–H groups in total. The van der Waals surface area contributed by atoms with Crippen LogP contribution in [0.2, 0.25) is 0 Å². The van der Waals surface area contributed by atoms with E-state index in [1.807, 2.05) is 29.0 Å². The van der Waals surface area contributed by atoms with E-state index < -0.39 is 5.97 Å². The fraction of sp³-hybridized carbons (Fsp3) is 0.333. The van der Waals surface area contributed by atoms with Crippen LogP contribution in [0.1, 0.15) is 30.7 Å². The Hall–Kier alpha value is -1.62. The molecule has 1 atom stereocenters. The maximum Gasteiger partial charge on any atom is 0.303 e. The van der Waals surface area contributed by atoms with Gasteiger partial charge in [-0.25, -0.2) is 4.98 Å². The summed E-state index contributed by atoms with van der Waals surface area (Å²) >= 11 is 3.58. The summed E-state index contributed by atoms with van der Waals surface area (Å²) < 4.78 is 2.89. The van der Waals surface area contributed by atoms with Gasteiger partial charge >= 0.3 is 5.97 Å². The number of carboxylic acids is 1. The highest BCUT2D eigenvalue weighted by Crippen LogP contribution is 2.45. The number of carbonyl (C=O) groups is 1. The van der Waals surface area contributed by atoms with Gasteiger partial charge in [0.2, 0.25) is 0 Å². The molecule has 1 aromatic heterocycles. The number of aliphatic carboxylic acids is 1. The van der Waals surface area contributed by atoms with Crippen LogP contribution in [-0.2, 0) is 4.79 Å². The maximum atomic E-state index is 11.0. The van der Waals surface area contributed by atoms with Crippen molar-refractivity contribution in [2.75, 3.05) is 0 Å². The molecule has 20 heavy (non-hydrogen) atoms. The molecule has 1 aromatic carbocycles. The van der Waals surface area contributed by atoms with Crippen LogP contribution in [-0.4, -0.2) is 20.6 Å². The van der Waals surface area contributed by atoms with Gasteiger partial charge in [-0.1, -0.05) is 6.07 Å². The summed E-state index contributed by atoms with van der Waals surface area (Å²) in [6, 6.07) is 6.09. The molecular formula is C15H15BrN2O2. The van der Waals surface area contributed by atoms with Gasteiger partial charge in [-0.05, 0) is 58.3 Å². The molecule has 1 saturated carbocycles. The summed E-state index contributed by atoms with van der Waals surface area (Å²) in [6.07, 6.45) is 7.85. The van der Waals surface area contributed by atoms with E-state index in [0.29, 0.717) is 5.92 Å². The molecule has 0 amide bonds. The van der Waals surface area contributed by atoms with Gasteiger partial charge in [-0.15, -0.1) is 0 Å². The number of carboxylic acid groups (broad SMARTS) is 1. The minimum atomic E-state index is -0.725. The first-order chi connectivity index (χ1) is 9.65. The van der Waals surface area contributed by atoms with Gasteiger partial charge in [0.15, 0.2) is 0 Å². The minimum absolute atomic E-state index is 0.126. The van der Waals surface area contributed by atoms with Gasteiger partial charge in [0, 0.05) is 16.9 Å². The van der Waals surface area contributed by atoms with Gasteiger partial charge in [0.1, 0.15) is 0 Å². The normalized spacial score (nSPS) is 16.1. The van der Waals surface area contributed by atoms with Gasteiger partial charge in [-0.3, -0.25) is 4.79 Å². The Kier molecular flexibility index (Phi) is 3.61. The molecule has 1 aliphatic rings. The number of aromatic nitrogens is 2. The molecule has 0 saturated heterocycles. The Morgan fingerprint density at radius 1 is 1.50 bits per heavy atom. The number of benzene rings is 1. The second kappa shape index (κ2) is 5.40. The summed E-state index contributed by atoms with van der Waals surface area (Å²) in [7, 11) is 0. The lowest BCUT2D eigenvalue weighted by Gasteiger charge is -2.16. The van der Waals surface area contributed by atoms with Gasteiger partial charge in [0.05, 0.1) is 18.4 Å². The molecule has 4 nitrogen and oxygen atoms in total. The van der Waals surface area contributed by atoms with Crippen LogP contribution in [0.3, 0.4) is 0 Å². The SMILES string of the molecule is O=C(O)CC(c1ccc(-n2ccnc2)c(Br)c1)C1CC1. The molecule has 5 heteroatoms. The number of hydrogen-bond acceptors (Lipinski definition) is 2. The predicted molar refractivity (Wildman–Crippen MR) is 79.0 cm³/mol. The largest absolute Gasteiger partial charge is 0.481 e. The van der Waals surface area contributed by atoms with Gasteiger partial charge in [-0.2, -0.15) is 0 Å². The van der Waals surface area contributed by atoms with Crippen molar-refractivity contribution in [2.45, 2.75) is 25.2 Å². The van der Waals surface area contributed by atoms with E-state index in [0.717, 1.165) is 28.6 Å². The van der Waals surface area contributed by atoms with Crippen LogP contribution < -0.4 is 0 Å². The average molecular weight is 335 g/mol. The number of nitrogens with zero attached hydrogens (tertiary/aromatic N) is 2. The Bertz CT molecular complexity index is 621. The molecule has 2 aromatic rings. The van der Waals surface area contributed by atoms with Crippen LogP contribution in [0, 0.1) is 5.92 Å². The molecule has 0 bridgehead atoms. The minimum Gasteiger partial charge on any atom is -0.481 e. The van der Waals surface area contributed by atoms with E-state index in [1.165, 1.54) is 0 Å². The Labute approximate surface area is 125 Å². The van der Waals surface area contributed by atoms with E-state index in [1.54, 1.807) is 12.5 Å². The van der Waals surface area contributed by atoms with Crippen molar-refractivity contribution in [3.8, 4) is 5.69 Å². The van der Waals surface area contributed by atoms with E-state index in [4.69, 9.17) is 5.11 Å². The third-order valence-corrected chi connectivity index (χ3v) is 4.40. The van der Waals surface area contributed by atoms with Crippen molar-refractivity contribution < 1.29 is 9.90 Å². The number of halogens is 1. The molecule has 1 heterocycles. The zero-order chi connectivity index (χ0) is 14.1. The second-order valence-corrected chi connectivity index (χ2v) is 6.08. The lowest BCUT2D eigenvalue weighted by atomic mass is 9.91. The van der Waals surface area contributed by atoms with Crippen LogP contribution >= 0.6 is 15.9 Å². The highest BCUT2D eigenvalue weighted by atomic mass is 79.9. The van der Waals surface area contributed by atoms with E-state index in [-0.39, 0.29) is 12.3 Å². The Balaban J connectivity index is 1.90. The number of rotatable bonds is 5. The maximum absolute atomic E-state index is 11.0. The van der Waals surface area contributed by atoms with E-state index in [2.05, 4.69) is 20.9 Å². The van der Waals surface area contributed by atoms with E-state index in [9.17, 15) is 4.79 Å². The fourth-order valence-electron chi connectivity index (χ4n) is 2.61. The first kappa shape index (κ1) is 13.4. The first-order valence-corrected chi connectivity index (χ1v) is 7.44. The molecule has 0 spiro atoms. The Morgan fingerprint density at radius 3 is 2.85 bits per heavy atom. The molecule has 1 aliphatic carbocycles. The smallest absolute Gasteiger partial charge is 0.303 e. The van der Waals surface area contributed by atoms with Gasteiger partial charge < -0.3 is 9.67 Å². The zero-order valence-corrected chi connectivity index (χ0v) is 12.5. The molecule has 0 aliphatic heterocycles. The lowest BCUT2D eigenvalue weighted by molar-refractivity contribution is -0.137. The molecular weight excluding hydrogens is 320 g/mol. The quantitative estimate of drug-likeness (QED) is 0.908. The van der Waals surface area contributed by atoms with Crippen LogP contribution in [0.25, 0.3) is 5.69 Å². The van der Waals surface area contributed by atoms with Crippen LogP contribution in [0.15, 0.2) is 41.4 Å². The monoisotopic (exact) mass is 334 g/mol. The van der Waals surface area contributed by atoms with Crippen LogP contribution in [0.4, 0.5) is 0 Å². The van der Waals surface area contributed by atoms with Gasteiger partial charge in [0.25, 0.3) is 0 Å². The molecule has 104 valence electrons. The zero-order valence-electron chi connectivity index (χ0n) is 10.9. The highest BCUT2D eigenvalue weighted by molar-refractivity contribution is 9.10. The highest BCUT2D eigenvalue weighted by Gasteiger charge is 2.33. The second-order valence-electron chi connectivity index (χ2n) is 5.22. The van der Waals surface area contributed by atoms with Crippen LogP contribution in [0.5, 0.6) is 0 Å². The lowest BCUT2D eigenvalue weighted by Crippen LogP contribution is -2.08. The van der Waals surface area contributed by atoms with Crippen molar-refractivity contribution in [1.82, 2.24) is 9.55 Å². The summed E-state index contributed by atoms with van der Waals surface area (Å²) in [5.74, 6) is -0.0746. The summed E-state index contributed by atoms with van der Waals surface area (Å²) in [6.45, 7) is 0. The van der Waals surface area contributed by atoms with Crippen molar-refractivity contribution in [1.29, 1.82) is 0 Å². The summed E-state index contributed by atoms with van der Waals surface area (Å²) in [5, 5.41) is 9.07. The van der Waals surface area contributed by atoms with Crippen molar-refractivity contribution in [3.63, 3.8) is 0 Å². The fourth-order valence-corrected chi connectivity index (χ4v) is 3.21. The first-order valence-electron chi connectivity index (χ1n) is 6.64. The predicted octanol–water partition coefficient (Wildman–Crippen LogP) is 3.60. The Morgan fingerprint density at radius 2 is 2.30 bits per heavy atom. The van der Waals surface area contributed by atoms with Crippen molar-refractivity contribution in [2.24, 2.45) is 5.92 Å². The third kappa shape index (κ3) is 2.77. The summed E-state index contributed by atoms with van der Waals surface area (Å²) in [4.78, 5) is 15.1. The number of imidazole rings is 1. The van der Waals surface area contributed by atoms with Crippen molar-refractivity contribution in [3.05, 3.63) is 47.0 Å². The topological polar surface area (TPSA) is 55.1 Å². The molecule has 3 rings (SSSR count). The third-order valence-electron chi connectivity index (χ3n) is 3.77. The molecule has 1 unspecified atom stereocenters. The summed E-state index contributed by atoms with van der Waals surface area (Å²) in [5.41, 5.74) is 2.11. The number of hydrogen-bond donors (Lipinski definition) is 1. The standard InChI is InChI=1S/C15H15BrN2O2/c16-13-7-11(12(8-15(19)20)10-1-2-10)3-4-14(13)18-6-5-17-9-18/h3-7,9-10,12H,1-2,8H2,(H,19,20). The average Bonchev–Trinajstić information content (AvgIpc) is 3.11.